The number of halogens is 1. The van der Waals surface area contributed by atoms with Gasteiger partial charge in [-0.15, -0.1) is 5.10 Å². The molecule has 0 aliphatic rings. The lowest BCUT2D eigenvalue weighted by molar-refractivity contribution is 0.0591. The molecule has 0 aliphatic carbocycles. The van der Waals surface area contributed by atoms with Crippen molar-refractivity contribution in [3.05, 3.63) is 54.0 Å². The Bertz CT molecular complexity index is 781. The second kappa shape index (κ2) is 4.73. The van der Waals surface area contributed by atoms with Crippen LogP contribution in [-0.2, 0) is 4.74 Å². The summed E-state index contributed by atoms with van der Waals surface area (Å²) in [6.45, 7) is 0. The molecule has 0 saturated carbocycles. The summed E-state index contributed by atoms with van der Waals surface area (Å²) in [5.74, 6) is -0.403. The molecule has 0 amide bonds. The van der Waals surface area contributed by atoms with Gasteiger partial charge in [-0.25, -0.2) is 18.7 Å². The van der Waals surface area contributed by atoms with Crippen LogP contribution in [0.3, 0.4) is 0 Å². The maximum Gasteiger partial charge on any atom is 0.356 e. The monoisotopic (exact) mass is 271 g/mol. The number of nitrogens with zero attached hydrogens (tertiary/aromatic N) is 3. The molecule has 0 aliphatic heterocycles. The fourth-order valence-electron chi connectivity index (χ4n) is 1.89. The summed E-state index contributed by atoms with van der Waals surface area (Å²) in [6, 6.07) is 10.9. The topological polar surface area (TPSA) is 56.5 Å². The molecule has 5 nitrogen and oxygen atoms in total. The van der Waals surface area contributed by atoms with Crippen molar-refractivity contribution in [1.29, 1.82) is 0 Å². The second-order valence-electron chi connectivity index (χ2n) is 4.11. The number of carbonyl (C=O) groups excluding carboxylic acids is 1. The highest BCUT2D eigenvalue weighted by atomic mass is 19.1. The summed E-state index contributed by atoms with van der Waals surface area (Å²) in [7, 11) is 1.30. The first-order valence-corrected chi connectivity index (χ1v) is 5.89. The van der Waals surface area contributed by atoms with E-state index in [1.807, 2.05) is 0 Å². The molecular formula is C14H10FN3O2. The number of ether oxygens (including phenoxy) is 1. The fourth-order valence-corrected chi connectivity index (χ4v) is 1.89. The molecule has 20 heavy (non-hydrogen) atoms. The Morgan fingerprint density at radius 2 is 1.95 bits per heavy atom. The minimum atomic E-state index is -0.494. The van der Waals surface area contributed by atoms with Crippen LogP contribution in [0.4, 0.5) is 4.39 Å². The van der Waals surface area contributed by atoms with Crippen LogP contribution in [0.25, 0.3) is 17.0 Å². The van der Waals surface area contributed by atoms with E-state index in [2.05, 4.69) is 10.1 Å². The third kappa shape index (κ3) is 2.01. The lowest BCUT2D eigenvalue weighted by atomic mass is 10.2. The molecule has 2 aromatic heterocycles. The maximum absolute atomic E-state index is 12.9. The Labute approximate surface area is 113 Å². The van der Waals surface area contributed by atoms with Crippen molar-refractivity contribution in [2.75, 3.05) is 7.11 Å². The van der Waals surface area contributed by atoms with E-state index in [1.165, 1.54) is 23.8 Å². The number of esters is 1. The van der Waals surface area contributed by atoms with Crippen molar-refractivity contribution in [3.63, 3.8) is 0 Å². The van der Waals surface area contributed by atoms with Gasteiger partial charge in [0.05, 0.1) is 7.11 Å². The molecule has 0 radical (unpaired) electrons. The zero-order chi connectivity index (χ0) is 14.1. The Kier molecular flexibility index (Phi) is 2.90. The van der Waals surface area contributed by atoms with E-state index in [4.69, 9.17) is 4.74 Å². The molecule has 0 fully saturated rings. The number of carbonyl (C=O) groups is 1. The molecule has 0 unspecified atom stereocenters. The average Bonchev–Trinajstić information content (AvgIpc) is 2.91. The van der Waals surface area contributed by atoms with Crippen molar-refractivity contribution in [3.8, 4) is 11.4 Å². The highest BCUT2D eigenvalue weighted by Gasteiger charge is 2.14. The van der Waals surface area contributed by atoms with Crippen molar-refractivity contribution in [2.24, 2.45) is 0 Å². The van der Waals surface area contributed by atoms with Crippen LogP contribution in [-0.4, -0.2) is 27.7 Å². The molecule has 3 aromatic rings. The predicted octanol–water partition coefficient (Wildman–Crippen LogP) is 2.32. The van der Waals surface area contributed by atoms with Gasteiger partial charge in [0.25, 0.3) is 0 Å². The molecule has 100 valence electrons. The highest BCUT2D eigenvalue weighted by Crippen LogP contribution is 2.17. The van der Waals surface area contributed by atoms with Crippen LogP contribution in [0, 0.1) is 5.82 Å². The molecule has 0 atom stereocenters. The maximum atomic E-state index is 12.9. The van der Waals surface area contributed by atoms with Crippen molar-refractivity contribution in [2.45, 2.75) is 0 Å². The van der Waals surface area contributed by atoms with Gasteiger partial charge in [-0.05, 0) is 36.4 Å². The molecule has 1 aromatic carbocycles. The Balaban J connectivity index is 2.15. The number of pyridine rings is 1. The van der Waals surface area contributed by atoms with Gasteiger partial charge < -0.3 is 4.74 Å². The fraction of sp³-hybridized carbons (Fsp3) is 0.0714. The van der Waals surface area contributed by atoms with Gasteiger partial charge in [-0.2, -0.15) is 0 Å². The summed E-state index contributed by atoms with van der Waals surface area (Å²) in [4.78, 5) is 16.0. The van der Waals surface area contributed by atoms with Crippen LogP contribution in [0.1, 0.15) is 10.5 Å². The largest absolute Gasteiger partial charge is 0.464 e. The quantitative estimate of drug-likeness (QED) is 0.671. The smallest absolute Gasteiger partial charge is 0.356 e. The number of fused-ring (bicyclic) bond motifs is 1. The second-order valence-corrected chi connectivity index (χ2v) is 4.11. The third-order valence-electron chi connectivity index (χ3n) is 2.86. The number of rotatable bonds is 2. The van der Waals surface area contributed by atoms with Gasteiger partial charge in [0, 0.05) is 5.56 Å². The van der Waals surface area contributed by atoms with Crippen LogP contribution >= 0.6 is 0 Å². The first-order valence-electron chi connectivity index (χ1n) is 5.89. The normalized spacial score (nSPS) is 10.7. The predicted molar refractivity (Wildman–Crippen MR) is 69.7 cm³/mol. The minimum absolute atomic E-state index is 0.283. The number of aromatic nitrogens is 3. The van der Waals surface area contributed by atoms with Crippen molar-refractivity contribution in [1.82, 2.24) is 14.6 Å². The SMILES string of the molecule is COC(=O)c1cccc2nc(-c3ccc(F)cc3)nn12. The summed E-state index contributed by atoms with van der Waals surface area (Å²) in [5.41, 5.74) is 1.48. The standard InChI is InChI=1S/C14H10FN3O2/c1-20-14(19)11-3-2-4-12-16-13(17-18(11)12)9-5-7-10(15)8-6-9/h2-8H,1H3. The van der Waals surface area contributed by atoms with Gasteiger partial charge >= 0.3 is 5.97 Å². The van der Waals surface area contributed by atoms with E-state index in [-0.39, 0.29) is 11.5 Å². The van der Waals surface area contributed by atoms with Gasteiger partial charge in [0.15, 0.2) is 17.2 Å². The minimum Gasteiger partial charge on any atom is -0.464 e. The van der Waals surface area contributed by atoms with Crippen LogP contribution < -0.4 is 0 Å². The Morgan fingerprint density at radius 1 is 1.20 bits per heavy atom. The van der Waals surface area contributed by atoms with Gasteiger partial charge in [0.2, 0.25) is 0 Å². The average molecular weight is 271 g/mol. The van der Waals surface area contributed by atoms with Crippen LogP contribution in [0.2, 0.25) is 0 Å². The number of methoxy groups -OCH3 is 1. The zero-order valence-electron chi connectivity index (χ0n) is 10.6. The molecule has 3 rings (SSSR count). The number of benzene rings is 1. The van der Waals surface area contributed by atoms with Crippen LogP contribution in [0.15, 0.2) is 42.5 Å². The summed E-state index contributed by atoms with van der Waals surface area (Å²) in [5, 5.41) is 4.26. The molecular weight excluding hydrogens is 261 g/mol. The third-order valence-corrected chi connectivity index (χ3v) is 2.86. The lowest BCUT2D eigenvalue weighted by Crippen LogP contribution is -2.08. The number of hydrogen-bond acceptors (Lipinski definition) is 4. The Morgan fingerprint density at radius 3 is 2.65 bits per heavy atom. The first kappa shape index (κ1) is 12.3. The Hall–Kier alpha value is -2.76. The van der Waals surface area contributed by atoms with E-state index in [0.717, 1.165) is 0 Å². The van der Waals surface area contributed by atoms with E-state index < -0.39 is 5.97 Å². The molecule has 6 heteroatoms. The summed E-state index contributed by atoms with van der Waals surface area (Å²) < 4.78 is 19.0. The summed E-state index contributed by atoms with van der Waals surface area (Å²) >= 11 is 0. The van der Waals surface area contributed by atoms with E-state index >= 15 is 0 Å². The van der Waals surface area contributed by atoms with Gasteiger partial charge in [-0.3, -0.25) is 0 Å². The first-order chi connectivity index (χ1) is 9.69. The van der Waals surface area contributed by atoms with E-state index in [1.54, 1.807) is 30.3 Å². The van der Waals surface area contributed by atoms with Crippen LogP contribution in [0.5, 0.6) is 0 Å². The number of hydrogen-bond donors (Lipinski definition) is 0. The zero-order valence-corrected chi connectivity index (χ0v) is 10.6. The molecule has 0 saturated heterocycles. The lowest BCUT2D eigenvalue weighted by Gasteiger charge is -2.00. The van der Waals surface area contributed by atoms with E-state index in [0.29, 0.717) is 17.0 Å². The summed E-state index contributed by atoms with van der Waals surface area (Å²) in [6.07, 6.45) is 0. The van der Waals surface area contributed by atoms with Crippen molar-refractivity contribution < 1.29 is 13.9 Å². The highest BCUT2D eigenvalue weighted by molar-refractivity contribution is 5.88. The molecule has 0 bridgehead atoms. The van der Waals surface area contributed by atoms with Gasteiger partial charge in [0.1, 0.15) is 5.82 Å². The molecule has 0 N–H and O–H groups in total. The van der Waals surface area contributed by atoms with E-state index in [9.17, 15) is 9.18 Å². The van der Waals surface area contributed by atoms with Crippen molar-refractivity contribution >= 4 is 11.6 Å². The molecule has 0 spiro atoms. The molecule has 2 heterocycles. The van der Waals surface area contributed by atoms with Gasteiger partial charge in [-0.1, -0.05) is 6.07 Å².